The number of nitrogens with two attached hydrogens (primary N) is 3. The lowest BCUT2D eigenvalue weighted by Gasteiger charge is -2.24. The summed E-state index contributed by atoms with van der Waals surface area (Å²) in [7, 11) is 0. The summed E-state index contributed by atoms with van der Waals surface area (Å²) < 4.78 is 0. The number of carbonyl (C=O) groups excluding carboxylic acids is 3. The molecule has 0 aliphatic carbocycles. The summed E-state index contributed by atoms with van der Waals surface area (Å²) in [5.74, 6) is -4.98. The van der Waals surface area contributed by atoms with Gasteiger partial charge < -0.3 is 43.4 Å². The van der Waals surface area contributed by atoms with E-state index in [0.717, 1.165) is 0 Å². The van der Waals surface area contributed by atoms with Gasteiger partial charge in [-0.2, -0.15) is 0 Å². The quantitative estimate of drug-likeness (QED) is 0.0664. The molecule has 0 saturated carbocycles. The van der Waals surface area contributed by atoms with Crippen molar-refractivity contribution < 1.29 is 34.2 Å². The van der Waals surface area contributed by atoms with Crippen LogP contribution >= 0.6 is 0 Å². The van der Waals surface area contributed by atoms with Crippen LogP contribution in [0, 0.1) is 5.92 Å². The van der Waals surface area contributed by atoms with Gasteiger partial charge in [0.2, 0.25) is 17.7 Å². The Morgan fingerprint density at radius 1 is 0.882 bits per heavy atom. The number of nitrogens with zero attached hydrogens (tertiary/aromatic N) is 1. The first-order valence-electron chi connectivity index (χ1n) is 11.0. The number of hydrogen-bond donors (Lipinski definition) is 8. The number of hydrogen-bond acceptors (Lipinski definition) is 7. The molecule has 11 N–H and O–H groups in total. The number of carbonyl (C=O) groups is 5. The Morgan fingerprint density at radius 3 is 1.97 bits per heavy atom. The van der Waals surface area contributed by atoms with E-state index in [2.05, 4.69) is 20.9 Å². The van der Waals surface area contributed by atoms with Crippen LogP contribution in [-0.4, -0.2) is 76.5 Å². The number of guanidine groups is 1. The van der Waals surface area contributed by atoms with E-state index in [1.54, 1.807) is 6.92 Å². The number of carboxylic acid groups (broad SMARTS) is 2. The van der Waals surface area contributed by atoms with Gasteiger partial charge in [-0.05, 0) is 32.1 Å². The van der Waals surface area contributed by atoms with Crippen molar-refractivity contribution in [1.82, 2.24) is 16.0 Å². The van der Waals surface area contributed by atoms with Crippen LogP contribution in [0.4, 0.5) is 0 Å². The first-order chi connectivity index (χ1) is 15.8. The standard InChI is InChI=1S/C20H37N7O7/c1-4-10(2)15(21)18(32)25-11(3)16(30)26-12(7-8-14(28)29)17(31)27-13(19(33)34)6-5-9-24-20(22)23/h10-13,15H,4-9,21H2,1-3H3,(H,25,32)(H,26,30)(H,27,31)(H,28,29)(H,33,34)(H4,22,23,24). The van der Waals surface area contributed by atoms with Crippen molar-refractivity contribution in [3.05, 3.63) is 0 Å². The maximum Gasteiger partial charge on any atom is 0.326 e. The Bertz CT molecular complexity index is 756. The average molecular weight is 488 g/mol. The molecule has 14 nitrogen and oxygen atoms in total. The molecule has 5 unspecified atom stereocenters. The van der Waals surface area contributed by atoms with Gasteiger partial charge in [0, 0.05) is 13.0 Å². The summed E-state index contributed by atoms with van der Waals surface area (Å²) in [6.45, 7) is 5.19. The van der Waals surface area contributed by atoms with Crippen LogP contribution in [0.3, 0.4) is 0 Å². The van der Waals surface area contributed by atoms with Crippen LogP contribution in [0.5, 0.6) is 0 Å². The molecule has 0 bridgehead atoms. The summed E-state index contributed by atoms with van der Waals surface area (Å²) >= 11 is 0. The Labute approximate surface area is 198 Å². The summed E-state index contributed by atoms with van der Waals surface area (Å²) in [6.07, 6.45) is 0.155. The molecule has 0 rings (SSSR count). The fraction of sp³-hybridized carbons (Fsp3) is 0.700. The van der Waals surface area contributed by atoms with Crippen LogP contribution in [0.25, 0.3) is 0 Å². The highest BCUT2D eigenvalue weighted by Gasteiger charge is 2.29. The molecule has 0 aromatic heterocycles. The molecule has 0 spiro atoms. The molecule has 14 heteroatoms. The van der Waals surface area contributed by atoms with Crippen LogP contribution in [-0.2, 0) is 24.0 Å². The molecule has 0 aromatic carbocycles. The van der Waals surface area contributed by atoms with E-state index in [-0.39, 0.29) is 37.7 Å². The monoisotopic (exact) mass is 487 g/mol. The summed E-state index contributed by atoms with van der Waals surface area (Å²) in [5.41, 5.74) is 16.3. The highest BCUT2D eigenvalue weighted by atomic mass is 16.4. The predicted octanol–water partition coefficient (Wildman–Crippen LogP) is -2.16. The highest BCUT2D eigenvalue weighted by molar-refractivity contribution is 5.94. The fourth-order valence-corrected chi connectivity index (χ4v) is 2.75. The number of carboxylic acids is 2. The number of nitrogens with one attached hydrogen (secondary N) is 3. The average Bonchev–Trinajstić information content (AvgIpc) is 2.76. The lowest BCUT2D eigenvalue weighted by molar-refractivity contribution is -0.143. The van der Waals surface area contributed by atoms with E-state index < -0.39 is 60.2 Å². The zero-order valence-corrected chi connectivity index (χ0v) is 19.7. The zero-order chi connectivity index (χ0) is 26.4. The Morgan fingerprint density at radius 2 is 1.47 bits per heavy atom. The third-order valence-electron chi connectivity index (χ3n) is 5.15. The minimum atomic E-state index is -1.34. The summed E-state index contributed by atoms with van der Waals surface area (Å²) in [4.78, 5) is 63.6. The molecule has 0 saturated heterocycles. The minimum absolute atomic E-state index is 0.00257. The molecule has 0 aliphatic rings. The number of rotatable bonds is 16. The van der Waals surface area contributed by atoms with Gasteiger partial charge in [-0.3, -0.25) is 24.2 Å². The van der Waals surface area contributed by atoms with Gasteiger partial charge in [-0.25, -0.2) is 4.79 Å². The van der Waals surface area contributed by atoms with Gasteiger partial charge >= 0.3 is 11.9 Å². The fourth-order valence-electron chi connectivity index (χ4n) is 2.75. The van der Waals surface area contributed by atoms with Crippen molar-refractivity contribution in [3.63, 3.8) is 0 Å². The van der Waals surface area contributed by atoms with Crippen LogP contribution < -0.4 is 33.2 Å². The summed E-state index contributed by atoms with van der Waals surface area (Å²) in [5, 5.41) is 25.4. The predicted molar refractivity (Wildman–Crippen MR) is 123 cm³/mol. The largest absolute Gasteiger partial charge is 0.481 e. The van der Waals surface area contributed by atoms with E-state index in [1.807, 2.05) is 6.92 Å². The molecule has 0 fully saturated rings. The molecular weight excluding hydrogens is 450 g/mol. The van der Waals surface area contributed by atoms with E-state index in [1.165, 1.54) is 6.92 Å². The molecular formula is C20H37N7O7. The second-order valence-corrected chi connectivity index (χ2v) is 7.98. The number of aliphatic carboxylic acids is 2. The third-order valence-corrected chi connectivity index (χ3v) is 5.15. The highest BCUT2D eigenvalue weighted by Crippen LogP contribution is 2.06. The van der Waals surface area contributed by atoms with Crippen LogP contribution in [0.15, 0.2) is 4.99 Å². The van der Waals surface area contributed by atoms with Gasteiger partial charge in [0.1, 0.15) is 18.1 Å². The second-order valence-electron chi connectivity index (χ2n) is 7.98. The Kier molecular flexibility index (Phi) is 13.9. The second kappa shape index (κ2) is 15.4. The zero-order valence-electron chi connectivity index (χ0n) is 19.7. The van der Waals surface area contributed by atoms with Gasteiger partial charge in [-0.1, -0.05) is 20.3 Å². The lowest BCUT2D eigenvalue weighted by atomic mass is 9.99. The normalized spacial score (nSPS) is 15.1. The first kappa shape index (κ1) is 30.6. The van der Waals surface area contributed by atoms with Crippen molar-refractivity contribution in [2.24, 2.45) is 28.1 Å². The molecule has 34 heavy (non-hydrogen) atoms. The Balaban J connectivity index is 5.21. The third kappa shape index (κ3) is 12.0. The molecule has 0 radical (unpaired) electrons. The van der Waals surface area contributed by atoms with Gasteiger partial charge in [0.05, 0.1) is 6.04 Å². The van der Waals surface area contributed by atoms with Crippen molar-refractivity contribution in [3.8, 4) is 0 Å². The van der Waals surface area contributed by atoms with E-state index in [4.69, 9.17) is 22.3 Å². The minimum Gasteiger partial charge on any atom is -0.481 e. The molecule has 0 heterocycles. The van der Waals surface area contributed by atoms with Crippen molar-refractivity contribution >= 4 is 35.6 Å². The maximum atomic E-state index is 12.7. The number of aliphatic imine (C=N–C) groups is 1. The topological polar surface area (TPSA) is 252 Å². The van der Waals surface area contributed by atoms with Crippen molar-refractivity contribution in [2.75, 3.05) is 6.54 Å². The first-order valence-corrected chi connectivity index (χ1v) is 11.0. The lowest BCUT2D eigenvalue weighted by Crippen LogP contribution is -2.56. The van der Waals surface area contributed by atoms with Gasteiger partial charge in [-0.15, -0.1) is 0 Å². The van der Waals surface area contributed by atoms with Crippen LogP contribution in [0.1, 0.15) is 52.9 Å². The SMILES string of the molecule is CCC(C)C(N)C(=O)NC(C)C(=O)NC(CCC(=O)O)C(=O)NC(CCCN=C(N)N)C(=O)O. The van der Waals surface area contributed by atoms with E-state index in [0.29, 0.717) is 6.42 Å². The molecule has 194 valence electrons. The van der Waals surface area contributed by atoms with E-state index >= 15 is 0 Å². The van der Waals surface area contributed by atoms with Crippen molar-refractivity contribution in [1.29, 1.82) is 0 Å². The molecule has 5 atom stereocenters. The smallest absolute Gasteiger partial charge is 0.326 e. The van der Waals surface area contributed by atoms with Gasteiger partial charge in [0.25, 0.3) is 0 Å². The Hall–Kier alpha value is -3.42. The maximum absolute atomic E-state index is 12.7. The molecule has 3 amide bonds. The number of amides is 3. The molecule has 0 aromatic rings. The summed E-state index contributed by atoms with van der Waals surface area (Å²) in [6, 6.07) is -4.55. The van der Waals surface area contributed by atoms with Gasteiger partial charge in [0.15, 0.2) is 5.96 Å². The van der Waals surface area contributed by atoms with E-state index in [9.17, 15) is 29.1 Å². The van der Waals surface area contributed by atoms with Crippen LogP contribution in [0.2, 0.25) is 0 Å². The molecule has 0 aliphatic heterocycles. The van der Waals surface area contributed by atoms with Crippen molar-refractivity contribution in [2.45, 2.75) is 77.0 Å².